The number of rotatable bonds is 5. The normalized spacial score (nSPS) is 13.5. The molecule has 0 radical (unpaired) electrons. The second-order valence-electron chi connectivity index (χ2n) is 4.59. The first-order chi connectivity index (χ1) is 8.65. The molecule has 1 unspecified atom stereocenters. The van der Waals surface area contributed by atoms with Gasteiger partial charge in [-0.05, 0) is 30.5 Å². The van der Waals surface area contributed by atoms with Crippen LogP contribution in [0.1, 0.15) is 19.4 Å². The van der Waals surface area contributed by atoms with Gasteiger partial charge in [-0.2, -0.15) is 4.72 Å². The van der Waals surface area contributed by atoms with Crippen molar-refractivity contribution in [3.63, 3.8) is 0 Å². The number of hydrogen-bond acceptors (Lipinski definition) is 3. The molecule has 1 rings (SSSR count). The highest BCUT2D eigenvalue weighted by Crippen LogP contribution is 2.21. The van der Waals surface area contributed by atoms with Gasteiger partial charge >= 0.3 is 5.97 Å². The first-order valence-corrected chi connectivity index (χ1v) is 7.52. The summed E-state index contributed by atoms with van der Waals surface area (Å²) < 4.78 is 26.6. The van der Waals surface area contributed by atoms with E-state index in [1.54, 1.807) is 32.9 Å². The van der Waals surface area contributed by atoms with E-state index in [-0.39, 0.29) is 15.8 Å². The fourth-order valence-corrected chi connectivity index (χ4v) is 3.41. The Morgan fingerprint density at radius 3 is 2.42 bits per heavy atom. The van der Waals surface area contributed by atoms with E-state index in [1.165, 1.54) is 6.07 Å². The second kappa shape index (κ2) is 5.90. The quantitative estimate of drug-likeness (QED) is 0.872. The molecule has 0 bridgehead atoms. The molecule has 0 aliphatic carbocycles. The lowest BCUT2D eigenvalue weighted by molar-refractivity contribution is -0.140. The minimum atomic E-state index is -3.92. The summed E-state index contributed by atoms with van der Waals surface area (Å²) in [5.74, 6) is -1.58. The van der Waals surface area contributed by atoms with Gasteiger partial charge in [-0.15, -0.1) is 0 Å². The van der Waals surface area contributed by atoms with Gasteiger partial charge in [0.25, 0.3) is 0 Å². The summed E-state index contributed by atoms with van der Waals surface area (Å²) in [5.41, 5.74) is 0.504. The van der Waals surface area contributed by atoms with Crippen molar-refractivity contribution in [1.29, 1.82) is 0 Å². The maximum Gasteiger partial charge on any atom is 0.322 e. The summed E-state index contributed by atoms with van der Waals surface area (Å²) in [6.07, 6.45) is 0. The molecule has 7 heteroatoms. The van der Waals surface area contributed by atoms with Gasteiger partial charge in [0.15, 0.2) is 0 Å². The van der Waals surface area contributed by atoms with E-state index < -0.39 is 22.0 Å². The fraction of sp³-hybridized carbons (Fsp3) is 0.417. The molecule has 0 fully saturated rings. The standard InChI is InChI=1S/C12H16ClNO4S/c1-7(2)11(12(15)16)14-19(17,18)10-6-9(13)5-4-8(10)3/h4-7,11,14H,1-3H3,(H,15,16). The van der Waals surface area contributed by atoms with Gasteiger partial charge in [0.05, 0.1) is 4.90 Å². The van der Waals surface area contributed by atoms with Crippen molar-refractivity contribution in [2.24, 2.45) is 5.92 Å². The van der Waals surface area contributed by atoms with Crippen molar-refractivity contribution in [3.8, 4) is 0 Å². The number of aryl methyl sites for hydroxylation is 1. The Kier molecular flexibility index (Phi) is 4.95. The van der Waals surface area contributed by atoms with Crippen LogP contribution in [0.4, 0.5) is 0 Å². The maximum absolute atomic E-state index is 12.2. The number of hydrogen-bond donors (Lipinski definition) is 2. The highest BCUT2D eigenvalue weighted by Gasteiger charge is 2.28. The van der Waals surface area contributed by atoms with Crippen LogP contribution in [0.15, 0.2) is 23.1 Å². The lowest BCUT2D eigenvalue weighted by Gasteiger charge is -2.18. The molecule has 5 nitrogen and oxygen atoms in total. The van der Waals surface area contributed by atoms with Crippen molar-refractivity contribution in [2.45, 2.75) is 31.7 Å². The van der Waals surface area contributed by atoms with Crippen LogP contribution in [0, 0.1) is 12.8 Å². The molecule has 0 aliphatic heterocycles. The molecule has 0 heterocycles. The van der Waals surface area contributed by atoms with Crippen molar-refractivity contribution >= 4 is 27.6 Å². The van der Waals surface area contributed by atoms with E-state index in [2.05, 4.69) is 4.72 Å². The minimum absolute atomic E-state index is 0.00750. The first kappa shape index (κ1) is 15.9. The first-order valence-electron chi connectivity index (χ1n) is 5.66. The summed E-state index contributed by atoms with van der Waals surface area (Å²) in [4.78, 5) is 11.0. The zero-order chi connectivity index (χ0) is 14.8. The van der Waals surface area contributed by atoms with Crippen LogP contribution in [0.2, 0.25) is 5.02 Å². The van der Waals surface area contributed by atoms with Gasteiger partial charge in [-0.1, -0.05) is 31.5 Å². The van der Waals surface area contributed by atoms with Gasteiger partial charge in [-0.3, -0.25) is 4.79 Å². The Balaban J connectivity index is 3.17. The van der Waals surface area contributed by atoms with Gasteiger partial charge in [0.2, 0.25) is 10.0 Å². The van der Waals surface area contributed by atoms with E-state index in [0.717, 1.165) is 0 Å². The smallest absolute Gasteiger partial charge is 0.322 e. The fourth-order valence-electron chi connectivity index (χ4n) is 1.57. The van der Waals surface area contributed by atoms with Crippen LogP contribution in [0.3, 0.4) is 0 Å². The molecule has 106 valence electrons. The zero-order valence-corrected chi connectivity index (χ0v) is 12.4. The number of carboxylic acid groups (broad SMARTS) is 1. The van der Waals surface area contributed by atoms with Gasteiger partial charge in [-0.25, -0.2) is 8.42 Å². The van der Waals surface area contributed by atoms with Crippen LogP contribution in [-0.2, 0) is 14.8 Å². The average Bonchev–Trinajstić information content (AvgIpc) is 2.28. The van der Waals surface area contributed by atoms with E-state index >= 15 is 0 Å². The van der Waals surface area contributed by atoms with Gasteiger partial charge < -0.3 is 5.11 Å². The monoisotopic (exact) mass is 305 g/mol. The minimum Gasteiger partial charge on any atom is -0.480 e. The third kappa shape index (κ3) is 3.92. The van der Waals surface area contributed by atoms with E-state index in [1.807, 2.05) is 0 Å². The molecule has 0 saturated heterocycles. The van der Waals surface area contributed by atoms with Gasteiger partial charge in [0.1, 0.15) is 6.04 Å². The Bertz CT molecular complexity index is 583. The van der Waals surface area contributed by atoms with Crippen molar-refractivity contribution in [3.05, 3.63) is 28.8 Å². The number of aliphatic carboxylic acids is 1. The summed E-state index contributed by atoms with van der Waals surface area (Å²) in [7, 11) is -3.92. The van der Waals surface area contributed by atoms with Crippen molar-refractivity contribution in [2.75, 3.05) is 0 Å². The summed E-state index contributed by atoms with van der Waals surface area (Å²) in [5, 5.41) is 9.30. The third-order valence-electron chi connectivity index (χ3n) is 2.65. The molecule has 0 spiro atoms. The molecule has 0 saturated carbocycles. The Morgan fingerprint density at radius 1 is 1.37 bits per heavy atom. The van der Waals surface area contributed by atoms with E-state index in [0.29, 0.717) is 5.56 Å². The number of benzene rings is 1. The van der Waals surface area contributed by atoms with Crippen molar-refractivity contribution < 1.29 is 18.3 Å². The molecule has 1 aromatic rings. The largest absolute Gasteiger partial charge is 0.480 e. The molecule has 2 N–H and O–H groups in total. The molecule has 0 aliphatic rings. The summed E-state index contributed by atoms with van der Waals surface area (Å²) >= 11 is 5.78. The number of sulfonamides is 1. The lowest BCUT2D eigenvalue weighted by Crippen LogP contribution is -2.44. The van der Waals surface area contributed by atoms with E-state index in [4.69, 9.17) is 16.7 Å². The highest BCUT2D eigenvalue weighted by atomic mass is 35.5. The van der Waals surface area contributed by atoms with Crippen LogP contribution < -0.4 is 4.72 Å². The summed E-state index contributed by atoms with van der Waals surface area (Å²) in [6, 6.07) is 3.27. The van der Waals surface area contributed by atoms with Crippen molar-refractivity contribution in [1.82, 2.24) is 4.72 Å². The molecule has 0 amide bonds. The van der Waals surface area contributed by atoms with Crippen LogP contribution >= 0.6 is 11.6 Å². The van der Waals surface area contributed by atoms with Crippen LogP contribution in [0.5, 0.6) is 0 Å². The Hall–Kier alpha value is -1.11. The maximum atomic E-state index is 12.2. The second-order valence-corrected chi connectivity index (χ2v) is 6.71. The molecule has 1 atom stereocenters. The number of carbonyl (C=O) groups is 1. The molecular weight excluding hydrogens is 290 g/mol. The summed E-state index contributed by atoms with van der Waals surface area (Å²) in [6.45, 7) is 4.88. The predicted molar refractivity (Wildman–Crippen MR) is 72.8 cm³/mol. The predicted octanol–water partition coefficient (Wildman–Crippen LogP) is 2.04. The lowest BCUT2D eigenvalue weighted by atomic mass is 10.1. The zero-order valence-electron chi connectivity index (χ0n) is 10.8. The Labute approximate surface area is 117 Å². The molecule has 19 heavy (non-hydrogen) atoms. The SMILES string of the molecule is Cc1ccc(Cl)cc1S(=O)(=O)NC(C(=O)O)C(C)C. The third-order valence-corrected chi connectivity index (χ3v) is 4.47. The number of nitrogens with one attached hydrogen (secondary N) is 1. The Morgan fingerprint density at radius 2 is 1.95 bits per heavy atom. The van der Waals surface area contributed by atoms with Crippen LogP contribution in [0.25, 0.3) is 0 Å². The highest BCUT2D eigenvalue weighted by molar-refractivity contribution is 7.89. The topological polar surface area (TPSA) is 83.5 Å². The molecular formula is C12H16ClNO4S. The average molecular weight is 306 g/mol. The van der Waals surface area contributed by atoms with E-state index in [9.17, 15) is 13.2 Å². The number of halogens is 1. The molecule has 1 aromatic carbocycles. The molecule has 0 aromatic heterocycles. The van der Waals surface area contributed by atoms with Gasteiger partial charge in [0, 0.05) is 5.02 Å². The number of carboxylic acids is 1. The van der Waals surface area contributed by atoms with Crippen LogP contribution in [-0.4, -0.2) is 25.5 Å².